The summed E-state index contributed by atoms with van der Waals surface area (Å²) < 4.78 is 5.51. The van der Waals surface area contributed by atoms with Crippen LogP contribution in [-0.2, 0) is 4.79 Å². The first-order valence-electron chi connectivity index (χ1n) is 8.93. The minimum absolute atomic E-state index is 0.0965. The highest BCUT2D eigenvalue weighted by Gasteiger charge is 2.26. The lowest BCUT2D eigenvalue weighted by molar-refractivity contribution is -0.118. The summed E-state index contributed by atoms with van der Waals surface area (Å²) in [5.41, 5.74) is 1.92. The van der Waals surface area contributed by atoms with Gasteiger partial charge in [-0.2, -0.15) is 0 Å². The number of ether oxygens (including phenoxy) is 1. The van der Waals surface area contributed by atoms with E-state index in [2.05, 4.69) is 10.6 Å². The van der Waals surface area contributed by atoms with Crippen LogP contribution in [-0.4, -0.2) is 24.5 Å². The van der Waals surface area contributed by atoms with Gasteiger partial charge in [0.25, 0.3) is 5.91 Å². The van der Waals surface area contributed by atoms with Gasteiger partial charge in [-0.25, -0.2) is 0 Å². The number of anilines is 1. The molecule has 0 aliphatic rings. The van der Waals surface area contributed by atoms with Gasteiger partial charge in [-0.15, -0.1) is 0 Å². The third-order valence-electron chi connectivity index (χ3n) is 4.11. The van der Waals surface area contributed by atoms with Crippen LogP contribution >= 0.6 is 11.6 Å². The Bertz CT molecular complexity index is 821. The Balaban J connectivity index is 2.17. The summed E-state index contributed by atoms with van der Waals surface area (Å²) in [6.45, 7) is 7.94. The molecular formula is C21H25ClN2O3. The summed E-state index contributed by atoms with van der Waals surface area (Å²) in [4.78, 5) is 25.5. The van der Waals surface area contributed by atoms with Crippen LogP contribution in [0.1, 0.15) is 36.7 Å². The van der Waals surface area contributed by atoms with Gasteiger partial charge in [-0.1, -0.05) is 37.6 Å². The van der Waals surface area contributed by atoms with Gasteiger partial charge < -0.3 is 15.4 Å². The second-order valence-electron chi connectivity index (χ2n) is 6.57. The molecule has 0 aliphatic carbocycles. The lowest BCUT2D eigenvalue weighted by Gasteiger charge is -2.23. The number of carbonyl (C=O) groups excluding carboxylic acids is 2. The lowest BCUT2D eigenvalue weighted by atomic mass is 10.0. The van der Waals surface area contributed by atoms with Crippen molar-refractivity contribution in [2.45, 2.75) is 33.7 Å². The molecule has 6 heteroatoms. The van der Waals surface area contributed by atoms with E-state index >= 15 is 0 Å². The molecule has 0 aromatic heterocycles. The molecular weight excluding hydrogens is 364 g/mol. The first-order chi connectivity index (χ1) is 12.8. The molecule has 144 valence electrons. The highest BCUT2D eigenvalue weighted by Crippen LogP contribution is 2.21. The largest absolute Gasteiger partial charge is 0.493 e. The number of aryl methyl sites for hydroxylation is 1. The summed E-state index contributed by atoms with van der Waals surface area (Å²) in [6.07, 6.45) is 0. The molecule has 2 amide bonds. The van der Waals surface area contributed by atoms with E-state index in [1.54, 1.807) is 42.5 Å². The topological polar surface area (TPSA) is 67.4 Å². The fraction of sp³-hybridized carbons (Fsp3) is 0.333. The van der Waals surface area contributed by atoms with Crippen LogP contribution in [0.4, 0.5) is 5.69 Å². The predicted octanol–water partition coefficient (Wildman–Crippen LogP) is 4.44. The average molecular weight is 389 g/mol. The molecule has 0 spiro atoms. The Morgan fingerprint density at radius 1 is 1.15 bits per heavy atom. The van der Waals surface area contributed by atoms with Crippen LogP contribution < -0.4 is 15.4 Å². The van der Waals surface area contributed by atoms with Crippen molar-refractivity contribution in [3.05, 3.63) is 58.6 Å². The van der Waals surface area contributed by atoms with Gasteiger partial charge in [0.05, 0.1) is 12.2 Å². The average Bonchev–Trinajstić information content (AvgIpc) is 2.62. The number of nitrogens with one attached hydrogen (secondary N) is 2. The number of hydrogen-bond acceptors (Lipinski definition) is 3. The van der Waals surface area contributed by atoms with Crippen LogP contribution in [0.5, 0.6) is 5.75 Å². The lowest BCUT2D eigenvalue weighted by Crippen LogP contribution is -2.47. The zero-order valence-corrected chi connectivity index (χ0v) is 16.8. The summed E-state index contributed by atoms with van der Waals surface area (Å²) >= 11 is 5.96. The van der Waals surface area contributed by atoms with E-state index in [1.165, 1.54) is 0 Å². The van der Waals surface area contributed by atoms with E-state index < -0.39 is 6.04 Å². The molecule has 0 radical (unpaired) electrons. The zero-order chi connectivity index (χ0) is 20.0. The fourth-order valence-corrected chi connectivity index (χ4v) is 2.89. The molecule has 5 nitrogen and oxygen atoms in total. The van der Waals surface area contributed by atoms with Crippen molar-refractivity contribution in [1.29, 1.82) is 0 Å². The summed E-state index contributed by atoms with van der Waals surface area (Å²) in [6, 6.07) is 11.5. The third-order valence-corrected chi connectivity index (χ3v) is 4.35. The number of halogens is 1. The molecule has 2 N–H and O–H groups in total. The SMILES string of the molecule is CCOc1ccccc1C(=O)NC(C(=O)Nc1ccc(Cl)cc1C)C(C)C. The van der Waals surface area contributed by atoms with E-state index in [1.807, 2.05) is 27.7 Å². The molecule has 2 aromatic rings. The number of carbonyl (C=O) groups is 2. The van der Waals surface area contributed by atoms with Crippen LogP contribution in [0.25, 0.3) is 0 Å². The molecule has 2 aromatic carbocycles. The molecule has 0 fully saturated rings. The molecule has 0 saturated carbocycles. The highest BCUT2D eigenvalue weighted by molar-refractivity contribution is 6.30. The Kier molecular flexibility index (Phi) is 7.25. The molecule has 2 rings (SSSR count). The van der Waals surface area contributed by atoms with Crippen molar-refractivity contribution in [2.75, 3.05) is 11.9 Å². The minimum Gasteiger partial charge on any atom is -0.493 e. The number of rotatable bonds is 7. The van der Waals surface area contributed by atoms with Crippen molar-refractivity contribution in [3.63, 3.8) is 0 Å². The van der Waals surface area contributed by atoms with E-state index in [9.17, 15) is 9.59 Å². The maximum absolute atomic E-state index is 12.8. The summed E-state index contributed by atoms with van der Waals surface area (Å²) in [7, 11) is 0. The Hall–Kier alpha value is -2.53. The monoisotopic (exact) mass is 388 g/mol. The first-order valence-corrected chi connectivity index (χ1v) is 9.31. The van der Waals surface area contributed by atoms with E-state index in [0.717, 1.165) is 5.56 Å². The number of amides is 2. The fourth-order valence-electron chi connectivity index (χ4n) is 2.67. The van der Waals surface area contributed by atoms with E-state index in [4.69, 9.17) is 16.3 Å². The van der Waals surface area contributed by atoms with E-state index in [-0.39, 0.29) is 17.7 Å². The highest BCUT2D eigenvalue weighted by atomic mass is 35.5. The summed E-state index contributed by atoms with van der Waals surface area (Å²) in [5, 5.41) is 6.30. The van der Waals surface area contributed by atoms with Gasteiger partial charge in [0.2, 0.25) is 5.91 Å². The van der Waals surface area contributed by atoms with Gasteiger partial charge >= 0.3 is 0 Å². The predicted molar refractivity (Wildman–Crippen MR) is 109 cm³/mol. The number of benzene rings is 2. The third kappa shape index (κ3) is 5.47. The smallest absolute Gasteiger partial charge is 0.255 e. The van der Waals surface area contributed by atoms with Crippen LogP contribution in [0.15, 0.2) is 42.5 Å². The standard InChI is InChI=1S/C21H25ClN2O3/c1-5-27-18-9-7-6-8-16(18)20(25)24-19(13(2)3)21(26)23-17-11-10-15(22)12-14(17)4/h6-13,19H,5H2,1-4H3,(H,23,26)(H,24,25). The normalized spacial score (nSPS) is 11.8. The van der Waals surface area contributed by atoms with Crippen molar-refractivity contribution < 1.29 is 14.3 Å². The second kappa shape index (κ2) is 9.42. The zero-order valence-electron chi connectivity index (χ0n) is 16.0. The van der Waals surface area contributed by atoms with Gasteiger partial charge in [0, 0.05) is 10.7 Å². The van der Waals surface area contributed by atoms with Crippen molar-refractivity contribution in [3.8, 4) is 5.75 Å². The van der Waals surface area contributed by atoms with Gasteiger partial charge in [-0.05, 0) is 55.7 Å². The number of para-hydroxylation sites is 1. The van der Waals surface area contributed by atoms with Gasteiger partial charge in [0.15, 0.2) is 0 Å². The van der Waals surface area contributed by atoms with E-state index in [0.29, 0.717) is 28.6 Å². The van der Waals surface area contributed by atoms with Crippen LogP contribution in [0.2, 0.25) is 5.02 Å². The Morgan fingerprint density at radius 2 is 1.85 bits per heavy atom. The molecule has 1 unspecified atom stereocenters. The van der Waals surface area contributed by atoms with Gasteiger partial charge in [-0.3, -0.25) is 9.59 Å². The maximum atomic E-state index is 12.8. The van der Waals surface area contributed by atoms with Crippen molar-refractivity contribution in [1.82, 2.24) is 5.32 Å². The molecule has 0 saturated heterocycles. The van der Waals surface area contributed by atoms with Gasteiger partial charge in [0.1, 0.15) is 11.8 Å². The minimum atomic E-state index is -0.692. The molecule has 0 heterocycles. The summed E-state index contributed by atoms with van der Waals surface area (Å²) in [5.74, 6) is -0.229. The quantitative estimate of drug-likeness (QED) is 0.736. The Labute approximate surface area is 165 Å². The second-order valence-corrected chi connectivity index (χ2v) is 7.01. The molecule has 27 heavy (non-hydrogen) atoms. The number of hydrogen-bond donors (Lipinski definition) is 2. The molecule has 0 aliphatic heterocycles. The van der Waals surface area contributed by atoms with Crippen molar-refractivity contribution in [2.24, 2.45) is 5.92 Å². The maximum Gasteiger partial charge on any atom is 0.255 e. The molecule has 0 bridgehead atoms. The molecule has 1 atom stereocenters. The van der Waals surface area contributed by atoms with Crippen LogP contribution in [0, 0.1) is 12.8 Å². The van der Waals surface area contributed by atoms with Crippen LogP contribution in [0.3, 0.4) is 0 Å². The Morgan fingerprint density at radius 3 is 2.48 bits per heavy atom. The first kappa shape index (κ1) is 20.8. The van der Waals surface area contributed by atoms with Crippen molar-refractivity contribution >= 4 is 29.1 Å².